The molecular formula is C20H17F2NO3. The number of allylic oxidation sites excluding steroid dienone is 1. The van der Waals surface area contributed by atoms with E-state index in [1.165, 1.54) is 25.3 Å². The Bertz CT molecular complexity index is 976. The second kappa shape index (κ2) is 7.39. The van der Waals surface area contributed by atoms with Crippen molar-refractivity contribution in [3.05, 3.63) is 65.4 Å². The largest absolute Gasteiger partial charge is 0.493 e. The Morgan fingerprint density at radius 1 is 1.15 bits per heavy atom. The van der Waals surface area contributed by atoms with Gasteiger partial charge >= 0.3 is 6.61 Å². The summed E-state index contributed by atoms with van der Waals surface area (Å²) >= 11 is 0. The van der Waals surface area contributed by atoms with E-state index in [9.17, 15) is 13.6 Å². The highest BCUT2D eigenvalue weighted by molar-refractivity contribution is 6.15. The Balaban J connectivity index is 1.87. The van der Waals surface area contributed by atoms with Crippen LogP contribution >= 0.6 is 0 Å². The standard InChI is InChI=1S/C20H17F2NO3/c1-12-19(14-5-3-4-6-15(14)23-12)16(24)9-7-13-8-10-17(26-20(21)22)18(11-13)25-2/h3-11,20,23H,1-2H3/b9-7+. The Morgan fingerprint density at radius 2 is 1.92 bits per heavy atom. The van der Waals surface area contributed by atoms with E-state index in [2.05, 4.69) is 9.72 Å². The van der Waals surface area contributed by atoms with Gasteiger partial charge in [0.15, 0.2) is 17.3 Å². The molecule has 6 heteroatoms. The van der Waals surface area contributed by atoms with Crippen molar-refractivity contribution in [3.63, 3.8) is 0 Å². The van der Waals surface area contributed by atoms with Gasteiger partial charge in [0.25, 0.3) is 0 Å². The monoisotopic (exact) mass is 357 g/mol. The quantitative estimate of drug-likeness (QED) is 0.500. The number of hydrogen-bond donors (Lipinski definition) is 1. The number of hydrogen-bond acceptors (Lipinski definition) is 3. The van der Waals surface area contributed by atoms with Crippen molar-refractivity contribution in [2.24, 2.45) is 0 Å². The summed E-state index contributed by atoms with van der Waals surface area (Å²) in [4.78, 5) is 15.8. The molecule has 0 radical (unpaired) electrons. The van der Waals surface area contributed by atoms with Gasteiger partial charge in [0.2, 0.25) is 0 Å². The Morgan fingerprint density at radius 3 is 2.65 bits per heavy atom. The number of rotatable bonds is 6. The summed E-state index contributed by atoms with van der Waals surface area (Å²) < 4.78 is 34.2. The average molecular weight is 357 g/mol. The lowest BCUT2D eigenvalue weighted by Gasteiger charge is -2.10. The average Bonchev–Trinajstić information content (AvgIpc) is 2.95. The fourth-order valence-corrected chi connectivity index (χ4v) is 2.83. The first-order chi connectivity index (χ1) is 12.5. The van der Waals surface area contributed by atoms with Crippen LogP contribution in [-0.2, 0) is 0 Å². The molecular weight excluding hydrogens is 340 g/mol. The topological polar surface area (TPSA) is 51.3 Å². The molecule has 26 heavy (non-hydrogen) atoms. The number of ketones is 1. The van der Waals surface area contributed by atoms with Crippen LogP contribution in [0.4, 0.5) is 8.78 Å². The van der Waals surface area contributed by atoms with Crippen LogP contribution in [0.15, 0.2) is 48.5 Å². The predicted molar refractivity (Wildman–Crippen MR) is 96.0 cm³/mol. The molecule has 2 aromatic carbocycles. The minimum Gasteiger partial charge on any atom is -0.493 e. The number of halogens is 2. The van der Waals surface area contributed by atoms with Crippen LogP contribution < -0.4 is 9.47 Å². The summed E-state index contributed by atoms with van der Waals surface area (Å²) in [5.41, 5.74) is 2.94. The van der Waals surface area contributed by atoms with Crippen molar-refractivity contribution in [3.8, 4) is 11.5 Å². The normalized spacial score (nSPS) is 11.4. The van der Waals surface area contributed by atoms with Gasteiger partial charge in [-0.15, -0.1) is 0 Å². The molecule has 0 aliphatic carbocycles. The Hall–Kier alpha value is -3.15. The summed E-state index contributed by atoms with van der Waals surface area (Å²) in [5, 5.41) is 0.859. The molecule has 0 aliphatic rings. The molecule has 3 aromatic rings. The molecule has 3 rings (SSSR count). The molecule has 0 spiro atoms. The van der Waals surface area contributed by atoms with E-state index in [1.54, 1.807) is 12.1 Å². The molecule has 0 bridgehead atoms. The molecule has 0 amide bonds. The number of aryl methyl sites for hydroxylation is 1. The molecule has 0 aliphatic heterocycles. The lowest BCUT2D eigenvalue weighted by Crippen LogP contribution is -2.03. The van der Waals surface area contributed by atoms with Gasteiger partial charge in [-0.1, -0.05) is 30.3 Å². The number of methoxy groups -OCH3 is 1. The summed E-state index contributed by atoms with van der Waals surface area (Å²) in [6, 6.07) is 12.1. The molecule has 1 N–H and O–H groups in total. The van der Waals surface area contributed by atoms with Crippen LogP contribution in [0.25, 0.3) is 17.0 Å². The fourth-order valence-electron chi connectivity index (χ4n) is 2.83. The molecule has 4 nitrogen and oxygen atoms in total. The van der Waals surface area contributed by atoms with Crippen molar-refractivity contribution in [2.75, 3.05) is 7.11 Å². The molecule has 0 fully saturated rings. The van der Waals surface area contributed by atoms with Crippen LogP contribution in [0.5, 0.6) is 11.5 Å². The molecule has 0 saturated carbocycles. The second-order valence-electron chi connectivity index (χ2n) is 5.66. The first-order valence-electron chi connectivity index (χ1n) is 7.92. The van der Waals surface area contributed by atoms with Gasteiger partial charge in [0.1, 0.15) is 0 Å². The van der Waals surface area contributed by atoms with Gasteiger partial charge in [0, 0.05) is 16.6 Å². The summed E-state index contributed by atoms with van der Waals surface area (Å²) in [6.45, 7) is -1.09. The molecule has 0 unspecified atom stereocenters. The number of H-pyrrole nitrogens is 1. The van der Waals surface area contributed by atoms with E-state index in [0.717, 1.165) is 16.6 Å². The van der Waals surface area contributed by atoms with Crippen molar-refractivity contribution < 1.29 is 23.0 Å². The van der Waals surface area contributed by atoms with Gasteiger partial charge in [-0.3, -0.25) is 4.79 Å². The number of benzene rings is 2. The smallest absolute Gasteiger partial charge is 0.387 e. The van der Waals surface area contributed by atoms with Crippen LogP contribution in [0.1, 0.15) is 21.6 Å². The third kappa shape index (κ3) is 3.59. The summed E-state index contributed by atoms with van der Waals surface area (Å²) in [6.07, 6.45) is 3.06. The SMILES string of the molecule is COc1cc(/C=C/C(=O)c2c(C)[nH]c3ccccc23)ccc1OC(F)F. The maximum atomic E-state index is 12.6. The maximum absolute atomic E-state index is 12.6. The van der Waals surface area contributed by atoms with Crippen LogP contribution in [-0.4, -0.2) is 24.5 Å². The first kappa shape index (κ1) is 17.7. The van der Waals surface area contributed by atoms with E-state index < -0.39 is 6.61 Å². The van der Waals surface area contributed by atoms with Gasteiger partial charge < -0.3 is 14.5 Å². The minimum absolute atomic E-state index is 0.0570. The van der Waals surface area contributed by atoms with Crippen LogP contribution in [0.2, 0.25) is 0 Å². The lowest BCUT2D eigenvalue weighted by molar-refractivity contribution is -0.0512. The Labute approximate surface area is 149 Å². The predicted octanol–water partition coefficient (Wildman–Crippen LogP) is 4.98. The van der Waals surface area contributed by atoms with E-state index in [4.69, 9.17) is 4.74 Å². The maximum Gasteiger partial charge on any atom is 0.387 e. The van der Waals surface area contributed by atoms with Crippen LogP contribution in [0.3, 0.4) is 0 Å². The number of aromatic amines is 1. The van der Waals surface area contributed by atoms with E-state index in [0.29, 0.717) is 11.1 Å². The second-order valence-corrected chi connectivity index (χ2v) is 5.66. The zero-order chi connectivity index (χ0) is 18.7. The molecule has 1 aromatic heterocycles. The summed E-state index contributed by atoms with van der Waals surface area (Å²) in [7, 11) is 1.36. The molecule has 1 heterocycles. The number of ether oxygens (including phenoxy) is 2. The highest BCUT2D eigenvalue weighted by Gasteiger charge is 2.14. The zero-order valence-electron chi connectivity index (χ0n) is 14.3. The zero-order valence-corrected chi connectivity index (χ0v) is 14.3. The summed E-state index contributed by atoms with van der Waals surface area (Å²) in [5.74, 6) is -0.0338. The molecule has 0 atom stereocenters. The number of fused-ring (bicyclic) bond motifs is 1. The number of alkyl halides is 2. The van der Waals surface area contributed by atoms with E-state index in [1.807, 2.05) is 31.2 Å². The third-order valence-electron chi connectivity index (χ3n) is 3.97. The number of para-hydroxylation sites is 1. The number of carbonyl (C=O) groups excluding carboxylic acids is 1. The first-order valence-corrected chi connectivity index (χ1v) is 7.92. The number of carbonyl (C=O) groups is 1. The molecule has 134 valence electrons. The van der Waals surface area contributed by atoms with Crippen molar-refractivity contribution in [1.82, 2.24) is 4.98 Å². The van der Waals surface area contributed by atoms with Crippen molar-refractivity contribution in [2.45, 2.75) is 13.5 Å². The van der Waals surface area contributed by atoms with E-state index >= 15 is 0 Å². The fraction of sp³-hybridized carbons (Fsp3) is 0.150. The van der Waals surface area contributed by atoms with Crippen molar-refractivity contribution >= 4 is 22.8 Å². The lowest BCUT2D eigenvalue weighted by atomic mass is 10.1. The molecule has 0 saturated heterocycles. The van der Waals surface area contributed by atoms with Gasteiger partial charge in [-0.2, -0.15) is 8.78 Å². The van der Waals surface area contributed by atoms with Crippen molar-refractivity contribution in [1.29, 1.82) is 0 Å². The third-order valence-corrected chi connectivity index (χ3v) is 3.97. The minimum atomic E-state index is -2.93. The number of nitrogens with one attached hydrogen (secondary N) is 1. The highest BCUT2D eigenvalue weighted by atomic mass is 19.3. The van der Waals surface area contributed by atoms with E-state index in [-0.39, 0.29) is 17.3 Å². The highest BCUT2D eigenvalue weighted by Crippen LogP contribution is 2.30. The van der Waals surface area contributed by atoms with Gasteiger partial charge in [-0.25, -0.2) is 0 Å². The van der Waals surface area contributed by atoms with Gasteiger partial charge in [-0.05, 0) is 36.8 Å². The van der Waals surface area contributed by atoms with Crippen LogP contribution in [0, 0.1) is 6.92 Å². The number of aromatic nitrogens is 1. The Kier molecular flexibility index (Phi) is 5.02. The van der Waals surface area contributed by atoms with Gasteiger partial charge in [0.05, 0.1) is 12.7 Å².